The highest BCUT2D eigenvalue weighted by molar-refractivity contribution is 6.15. The first-order valence-electron chi connectivity index (χ1n) is 16.3. The molecule has 2 aliphatic rings. The van der Waals surface area contributed by atoms with Gasteiger partial charge in [0.1, 0.15) is 0 Å². The summed E-state index contributed by atoms with van der Waals surface area (Å²) in [5, 5.41) is 2.47. The maximum atomic E-state index is 2.42. The second-order valence-corrected chi connectivity index (χ2v) is 12.5. The van der Waals surface area contributed by atoms with Crippen LogP contribution < -0.4 is 4.90 Å². The fourth-order valence-electron chi connectivity index (χ4n) is 7.83. The second kappa shape index (κ2) is 10.2. The van der Waals surface area contributed by atoms with Crippen molar-refractivity contribution in [1.29, 1.82) is 0 Å². The zero-order chi connectivity index (χ0) is 30.9. The number of hydrogen-bond acceptors (Lipinski definition) is 1. The zero-order valence-corrected chi connectivity index (χ0v) is 25.7. The lowest BCUT2D eigenvalue weighted by Gasteiger charge is -2.28. The summed E-state index contributed by atoms with van der Waals surface area (Å²) in [5.74, 6) is 0. The summed E-state index contributed by atoms with van der Waals surface area (Å²) in [7, 11) is 0. The molecule has 0 N–H and O–H groups in total. The molecule has 8 aromatic carbocycles. The molecule has 0 fully saturated rings. The van der Waals surface area contributed by atoms with Gasteiger partial charge in [-0.1, -0.05) is 140 Å². The molecule has 0 saturated heterocycles. The molecule has 0 atom stereocenters. The lowest BCUT2D eigenvalue weighted by molar-refractivity contribution is 1.29. The van der Waals surface area contributed by atoms with Gasteiger partial charge in [0.15, 0.2) is 0 Å². The van der Waals surface area contributed by atoms with Crippen molar-refractivity contribution < 1.29 is 0 Å². The normalized spacial score (nSPS) is 11.8. The van der Waals surface area contributed by atoms with E-state index in [1.807, 2.05) is 0 Å². The molecule has 8 aromatic rings. The van der Waals surface area contributed by atoms with Gasteiger partial charge in [-0.25, -0.2) is 0 Å². The molecule has 1 nitrogen and oxygen atoms in total. The predicted molar refractivity (Wildman–Crippen MR) is 198 cm³/mol. The van der Waals surface area contributed by atoms with Crippen LogP contribution in [0.2, 0.25) is 0 Å². The maximum Gasteiger partial charge on any atom is 0.0468 e. The molecule has 0 aromatic heterocycles. The lowest BCUT2D eigenvalue weighted by atomic mass is 9.83. The van der Waals surface area contributed by atoms with Crippen LogP contribution in [0.5, 0.6) is 0 Å². The Morgan fingerprint density at radius 2 is 0.745 bits per heavy atom. The van der Waals surface area contributed by atoms with E-state index in [4.69, 9.17) is 0 Å². The van der Waals surface area contributed by atoms with Gasteiger partial charge in [-0.15, -0.1) is 0 Å². The largest absolute Gasteiger partial charge is 0.310 e. The van der Waals surface area contributed by atoms with Crippen molar-refractivity contribution in [1.82, 2.24) is 0 Å². The first-order valence-corrected chi connectivity index (χ1v) is 16.3. The van der Waals surface area contributed by atoms with Crippen LogP contribution in [0.25, 0.3) is 77.5 Å². The van der Waals surface area contributed by atoms with Crippen LogP contribution in [0.4, 0.5) is 17.1 Å². The number of anilines is 3. The summed E-state index contributed by atoms with van der Waals surface area (Å²) in [6.07, 6.45) is 0. The van der Waals surface area contributed by atoms with Gasteiger partial charge in [0.25, 0.3) is 0 Å². The van der Waals surface area contributed by atoms with Gasteiger partial charge in [0.2, 0.25) is 0 Å². The van der Waals surface area contributed by atoms with Crippen molar-refractivity contribution in [2.24, 2.45) is 0 Å². The van der Waals surface area contributed by atoms with Crippen LogP contribution in [-0.4, -0.2) is 0 Å². The number of benzene rings is 8. The molecule has 218 valence electrons. The Kier molecular flexibility index (Phi) is 5.64. The Hall–Kier alpha value is -6.18. The Balaban J connectivity index is 1.22. The second-order valence-electron chi connectivity index (χ2n) is 12.5. The Labute approximate surface area is 274 Å². The third-order valence-electron chi connectivity index (χ3n) is 9.95. The lowest BCUT2D eigenvalue weighted by Crippen LogP contribution is -2.10. The highest BCUT2D eigenvalue weighted by atomic mass is 15.1. The van der Waals surface area contributed by atoms with Crippen molar-refractivity contribution in [2.45, 2.75) is 0 Å². The van der Waals surface area contributed by atoms with Gasteiger partial charge >= 0.3 is 0 Å². The van der Waals surface area contributed by atoms with E-state index < -0.39 is 0 Å². The molecule has 10 rings (SSSR count). The van der Waals surface area contributed by atoms with Gasteiger partial charge in [0, 0.05) is 17.1 Å². The summed E-state index contributed by atoms with van der Waals surface area (Å²) in [4.78, 5) is 2.41. The molecular formula is C46H29N. The molecule has 47 heavy (non-hydrogen) atoms. The molecule has 0 heterocycles. The van der Waals surface area contributed by atoms with E-state index in [1.54, 1.807) is 0 Å². The molecule has 0 radical (unpaired) electrons. The minimum Gasteiger partial charge on any atom is -0.310 e. The van der Waals surface area contributed by atoms with Gasteiger partial charge in [0.05, 0.1) is 0 Å². The fraction of sp³-hybridized carbons (Fsp3) is 0. The predicted octanol–water partition coefficient (Wildman–Crippen LogP) is 12.9. The molecule has 0 saturated carbocycles. The first kappa shape index (κ1) is 26.1. The topological polar surface area (TPSA) is 3.24 Å². The van der Waals surface area contributed by atoms with Crippen molar-refractivity contribution in [3.05, 3.63) is 176 Å². The summed E-state index contributed by atoms with van der Waals surface area (Å²) in [6.45, 7) is 0. The highest BCUT2D eigenvalue weighted by Crippen LogP contribution is 2.57. The first-order chi connectivity index (χ1) is 23.3. The van der Waals surface area contributed by atoms with Crippen LogP contribution in [0.1, 0.15) is 0 Å². The number of fused-ring (bicyclic) bond motifs is 5. The summed E-state index contributed by atoms with van der Waals surface area (Å²) >= 11 is 0. The monoisotopic (exact) mass is 595 g/mol. The molecule has 1 heteroatoms. The molecule has 0 aliphatic heterocycles. The number of hydrogen-bond donors (Lipinski definition) is 0. The third kappa shape index (κ3) is 3.97. The van der Waals surface area contributed by atoms with Crippen LogP contribution in [0.15, 0.2) is 176 Å². The average Bonchev–Trinajstić information content (AvgIpc) is 3.25. The highest BCUT2D eigenvalue weighted by Gasteiger charge is 2.31. The Bertz CT molecular complexity index is 2480. The van der Waals surface area contributed by atoms with Gasteiger partial charge in [-0.3, -0.25) is 0 Å². The van der Waals surface area contributed by atoms with Gasteiger partial charge in [-0.2, -0.15) is 0 Å². The minimum atomic E-state index is 1.13. The molecular weight excluding hydrogens is 567 g/mol. The van der Waals surface area contributed by atoms with Crippen LogP contribution >= 0.6 is 0 Å². The Morgan fingerprint density at radius 3 is 1.49 bits per heavy atom. The number of nitrogens with zero attached hydrogens (tertiary/aromatic N) is 1. The van der Waals surface area contributed by atoms with Crippen molar-refractivity contribution in [3.8, 4) is 66.8 Å². The summed E-state index contributed by atoms with van der Waals surface area (Å²) in [5.41, 5.74) is 18.8. The van der Waals surface area contributed by atoms with E-state index in [0.717, 1.165) is 17.1 Å². The summed E-state index contributed by atoms with van der Waals surface area (Å²) in [6, 6.07) is 64.6. The molecule has 2 aliphatic carbocycles. The standard InChI is InChI=1S/C46H29N/c1-2-10-30(11-3-1)32-20-23-34(24-21-32)47(35-25-22-31-12-4-5-13-33(31)28-35)36-26-27-38-41-17-9-18-42-43-19-8-16-40(46(43)44(38)29-36)37-14-6-7-15-39(37)45(41)42/h1-29H. The van der Waals surface area contributed by atoms with E-state index >= 15 is 0 Å². The fourth-order valence-corrected chi connectivity index (χ4v) is 7.83. The number of rotatable bonds is 4. The van der Waals surface area contributed by atoms with Crippen LogP contribution in [0, 0.1) is 0 Å². The van der Waals surface area contributed by atoms with Gasteiger partial charge in [-0.05, 0) is 114 Å². The van der Waals surface area contributed by atoms with E-state index in [2.05, 4.69) is 181 Å². The van der Waals surface area contributed by atoms with Crippen molar-refractivity contribution in [2.75, 3.05) is 4.90 Å². The van der Waals surface area contributed by atoms with E-state index in [9.17, 15) is 0 Å². The van der Waals surface area contributed by atoms with E-state index in [0.29, 0.717) is 0 Å². The molecule has 0 unspecified atom stereocenters. The van der Waals surface area contributed by atoms with Gasteiger partial charge < -0.3 is 4.90 Å². The van der Waals surface area contributed by atoms with Crippen LogP contribution in [0.3, 0.4) is 0 Å². The minimum absolute atomic E-state index is 1.13. The zero-order valence-electron chi connectivity index (χ0n) is 25.7. The Morgan fingerprint density at radius 1 is 0.255 bits per heavy atom. The SMILES string of the molecule is c1ccc(-c2ccc(N(c3ccc4c(c3)-c3c5cccc3-c3cccc-4c3-c3ccccc3-5)c3ccc4ccccc4c3)cc2)cc1. The average molecular weight is 596 g/mol. The van der Waals surface area contributed by atoms with Crippen molar-refractivity contribution in [3.63, 3.8) is 0 Å². The van der Waals surface area contributed by atoms with Crippen LogP contribution in [-0.2, 0) is 0 Å². The molecule has 0 amide bonds. The smallest absolute Gasteiger partial charge is 0.0468 e. The third-order valence-corrected chi connectivity index (χ3v) is 9.95. The molecule has 6 bridgehead atoms. The van der Waals surface area contributed by atoms with Crippen molar-refractivity contribution >= 4 is 27.8 Å². The van der Waals surface area contributed by atoms with E-state index in [-0.39, 0.29) is 0 Å². The quantitative estimate of drug-likeness (QED) is 0.196. The van der Waals surface area contributed by atoms with E-state index in [1.165, 1.54) is 77.5 Å². The maximum absolute atomic E-state index is 2.42. The summed E-state index contributed by atoms with van der Waals surface area (Å²) < 4.78 is 0. The molecule has 0 spiro atoms.